The largest absolute Gasteiger partial charge is 0.481 e. The van der Waals surface area contributed by atoms with E-state index in [9.17, 15) is 4.79 Å². The lowest BCUT2D eigenvalue weighted by atomic mass is 10.0. The number of likely N-dealkylation sites (tertiary alicyclic amines) is 1. The van der Waals surface area contributed by atoms with Crippen molar-refractivity contribution in [2.45, 2.75) is 50.4 Å². The molecule has 1 fully saturated rings. The molecule has 0 bridgehead atoms. The number of hydrogen-bond acceptors (Lipinski definition) is 6. The smallest absolute Gasteiger partial charge is 0.313 e. The van der Waals surface area contributed by atoms with E-state index in [1.165, 1.54) is 25.8 Å². The van der Waals surface area contributed by atoms with E-state index in [1.807, 2.05) is 4.57 Å². The summed E-state index contributed by atoms with van der Waals surface area (Å²) in [6, 6.07) is 0.651. The minimum atomic E-state index is -0.865. The van der Waals surface area contributed by atoms with Crippen LogP contribution in [0.2, 0.25) is 0 Å². The van der Waals surface area contributed by atoms with Crippen LogP contribution in [0.3, 0.4) is 0 Å². The van der Waals surface area contributed by atoms with Gasteiger partial charge in [-0.3, -0.25) is 9.36 Å². The first-order valence-electron chi connectivity index (χ1n) is 7.35. The van der Waals surface area contributed by atoms with Crippen LogP contribution < -0.4 is 5.73 Å². The molecule has 0 radical (unpaired) electrons. The van der Waals surface area contributed by atoms with Gasteiger partial charge in [0.15, 0.2) is 5.16 Å². The molecule has 0 amide bonds. The molecule has 118 valence electrons. The molecule has 1 aliphatic rings. The van der Waals surface area contributed by atoms with Crippen molar-refractivity contribution < 1.29 is 9.90 Å². The third-order valence-electron chi connectivity index (χ3n) is 3.84. The van der Waals surface area contributed by atoms with E-state index in [1.54, 1.807) is 0 Å². The van der Waals surface area contributed by atoms with Crippen molar-refractivity contribution in [3.05, 3.63) is 0 Å². The Balaban J connectivity index is 1.84. The van der Waals surface area contributed by atoms with Gasteiger partial charge in [-0.15, -0.1) is 10.2 Å². The molecular formula is C13H23N5O2S. The van der Waals surface area contributed by atoms with E-state index in [2.05, 4.69) is 22.0 Å². The lowest BCUT2D eigenvalue weighted by Gasteiger charge is -2.33. The standard InChI is InChI=1S/C13H23N5O2S/c1-10-5-2-3-6-17(10)7-4-8-18-12(14)15-16-13(18)21-9-11(19)20/h10H,2-9H2,1H3,(H2,14,15)(H,19,20). The molecule has 1 saturated heterocycles. The highest BCUT2D eigenvalue weighted by atomic mass is 32.2. The molecular weight excluding hydrogens is 290 g/mol. The molecule has 21 heavy (non-hydrogen) atoms. The average Bonchev–Trinajstić information content (AvgIpc) is 2.80. The van der Waals surface area contributed by atoms with Crippen molar-refractivity contribution in [1.82, 2.24) is 19.7 Å². The Morgan fingerprint density at radius 3 is 2.95 bits per heavy atom. The lowest BCUT2D eigenvalue weighted by Crippen LogP contribution is -2.38. The number of thioether (sulfide) groups is 1. The summed E-state index contributed by atoms with van der Waals surface area (Å²) in [7, 11) is 0. The van der Waals surface area contributed by atoms with Crippen molar-refractivity contribution >= 4 is 23.7 Å². The number of hydrogen-bond donors (Lipinski definition) is 2. The molecule has 0 aromatic carbocycles. The minimum Gasteiger partial charge on any atom is -0.481 e. The highest BCUT2D eigenvalue weighted by molar-refractivity contribution is 7.99. The highest BCUT2D eigenvalue weighted by Gasteiger charge is 2.18. The number of carbonyl (C=O) groups is 1. The molecule has 7 nitrogen and oxygen atoms in total. The summed E-state index contributed by atoms with van der Waals surface area (Å²) in [6.45, 7) is 5.20. The molecule has 8 heteroatoms. The van der Waals surface area contributed by atoms with Gasteiger partial charge in [-0.05, 0) is 32.7 Å². The molecule has 2 heterocycles. The Labute approximate surface area is 128 Å². The normalized spacial score (nSPS) is 19.8. The number of carboxylic acids is 1. The van der Waals surface area contributed by atoms with Crippen molar-refractivity contribution in [2.75, 3.05) is 24.6 Å². The van der Waals surface area contributed by atoms with Crippen LogP contribution in [0.15, 0.2) is 5.16 Å². The van der Waals surface area contributed by atoms with Crippen molar-refractivity contribution in [3.8, 4) is 0 Å². The third-order valence-corrected chi connectivity index (χ3v) is 4.79. The first-order chi connectivity index (χ1) is 10.1. The van der Waals surface area contributed by atoms with E-state index in [0.717, 1.165) is 31.3 Å². The number of nitrogens with zero attached hydrogens (tertiary/aromatic N) is 4. The summed E-state index contributed by atoms with van der Waals surface area (Å²) in [5.74, 6) is -0.536. The monoisotopic (exact) mass is 313 g/mol. The zero-order chi connectivity index (χ0) is 15.2. The Bertz CT molecular complexity index is 479. The zero-order valence-electron chi connectivity index (χ0n) is 12.4. The summed E-state index contributed by atoms with van der Waals surface area (Å²) in [6.07, 6.45) is 4.84. The number of aromatic nitrogens is 3. The van der Waals surface area contributed by atoms with Crippen molar-refractivity contribution in [3.63, 3.8) is 0 Å². The van der Waals surface area contributed by atoms with Crippen molar-refractivity contribution in [1.29, 1.82) is 0 Å². The predicted molar refractivity (Wildman–Crippen MR) is 82.3 cm³/mol. The second-order valence-electron chi connectivity index (χ2n) is 5.41. The van der Waals surface area contributed by atoms with Gasteiger partial charge in [0.1, 0.15) is 0 Å². The number of anilines is 1. The van der Waals surface area contributed by atoms with Gasteiger partial charge in [-0.1, -0.05) is 18.2 Å². The van der Waals surface area contributed by atoms with Crippen LogP contribution in [-0.4, -0.2) is 55.6 Å². The second-order valence-corrected chi connectivity index (χ2v) is 6.35. The van der Waals surface area contributed by atoms with Crippen LogP contribution in [0.25, 0.3) is 0 Å². The molecule has 1 atom stereocenters. The van der Waals surface area contributed by atoms with Crippen LogP contribution in [0, 0.1) is 0 Å². The fraction of sp³-hybridized carbons (Fsp3) is 0.769. The van der Waals surface area contributed by atoms with Gasteiger partial charge in [0, 0.05) is 19.1 Å². The summed E-state index contributed by atoms with van der Waals surface area (Å²) >= 11 is 1.16. The van der Waals surface area contributed by atoms with Gasteiger partial charge >= 0.3 is 5.97 Å². The first kappa shape index (κ1) is 16.1. The van der Waals surface area contributed by atoms with Crippen LogP contribution in [0.5, 0.6) is 0 Å². The summed E-state index contributed by atoms with van der Waals surface area (Å²) in [4.78, 5) is 13.1. The van der Waals surface area contributed by atoms with Gasteiger partial charge in [0.2, 0.25) is 5.95 Å². The minimum absolute atomic E-state index is 0.0265. The van der Waals surface area contributed by atoms with Crippen LogP contribution in [-0.2, 0) is 11.3 Å². The maximum Gasteiger partial charge on any atom is 0.313 e. The lowest BCUT2D eigenvalue weighted by molar-refractivity contribution is -0.133. The number of carboxylic acid groups (broad SMARTS) is 1. The van der Waals surface area contributed by atoms with E-state index < -0.39 is 5.97 Å². The molecule has 2 rings (SSSR count). The Kier molecular flexibility index (Phi) is 5.86. The molecule has 1 aromatic heterocycles. The number of rotatable bonds is 7. The topological polar surface area (TPSA) is 97.3 Å². The van der Waals surface area contributed by atoms with Gasteiger partial charge in [-0.25, -0.2) is 0 Å². The number of aliphatic carboxylic acids is 1. The SMILES string of the molecule is CC1CCCCN1CCCn1c(N)nnc1SCC(=O)O. The number of piperidine rings is 1. The molecule has 0 spiro atoms. The Hall–Kier alpha value is -1.28. The summed E-state index contributed by atoms with van der Waals surface area (Å²) in [5.41, 5.74) is 5.81. The maximum atomic E-state index is 10.6. The van der Waals surface area contributed by atoms with Crippen molar-refractivity contribution in [2.24, 2.45) is 0 Å². The maximum absolute atomic E-state index is 10.6. The highest BCUT2D eigenvalue weighted by Crippen LogP contribution is 2.20. The van der Waals surface area contributed by atoms with E-state index >= 15 is 0 Å². The Morgan fingerprint density at radius 1 is 1.43 bits per heavy atom. The molecule has 0 saturated carbocycles. The van der Waals surface area contributed by atoms with Gasteiger partial charge in [0.25, 0.3) is 0 Å². The van der Waals surface area contributed by atoms with E-state index in [-0.39, 0.29) is 5.75 Å². The third kappa shape index (κ3) is 4.60. The van der Waals surface area contributed by atoms with E-state index in [0.29, 0.717) is 17.1 Å². The predicted octanol–water partition coefficient (Wildman–Crippen LogP) is 1.30. The summed E-state index contributed by atoms with van der Waals surface area (Å²) < 4.78 is 1.81. The summed E-state index contributed by atoms with van der Waals surface area (Å²) in [5, 5.41) is 17.1. The molecule has 0 aliphatic carbocycles. The Morgan fingerprint density at radius 2 is 2.24 bits per heavy atom. The first-order valence-corrected chi connectivity index (χ1v) is 8.34. The molecule has 3 N–H and O–H groups in total. The van der Waals surface area contributed by atoms with Gasteiger partial charge in [-0.2, -0.15) is 0 Å². The number of nitrogen functional groups attached to an aromatic ring is 1. The fourth-order valence-electron chi connectivity index (χ4n) is 2.66. The second kappa shape index (κ2) is 7.65. The quantitative estimate of drug-likeness (QED) is 0.732. The van der Waals surface area contributed by atoms with Gasteiger partial charge < -0.3 is 15.7 Å². The molecule has 1 aliphatic heterocycles. The number of nitrogens with two attached hydrogens (primary N) is 1. The molecule has 1 unspecified atom stereocenters. The fourth-order valence-corrected chi connectivity index (χ4v) is 3.36. The van der Waals surface area contributed by atoms with Crippen LogP contribution >= 0.6 is 11.8 Å². The molecule has 1 aromatic rings. The van der Waals surface area contributed by atoms with Gasteiger partial charge in [0.05, 0.1) is 5.75 Å². The van der Waals surface area contributed by atoms with E-state index in [4.69, 9.17) is 10.8 Å². The van der Waals surface area contributed by atoms with Crippen LogP contribution in [0.4, 0.5) is 5.95 Å². The average molecular weight is 313 g/mol. The van der Waals surface area contributed by atoms with Crippen LogP contribution in [0.1, 0.15) is 32.6 Å². The zero-order valence-corrected chi connectivity index (χ0v) is 13.2.